The lowest BCUT2D eigenvalue weighted by molar-refractivity contribution is -0.870. The molecule has 0 aromatic heterocycles. The molecular formula is C66H115NO8. The largest absolute Gasteiger partial charge is 0.545 e. The van der Waals surface area contributed by atoms with Crippen molar-refractivity contribution in [1.82, 2.24) is 0 Å². The van der Waals surface area contributed by atoms with E-state index in [1.165, 1.54) is 128 Å². The maximum absolute atomic E-state index is 12.8. The first-order chi connectivity index (χ1) is 36.6. The van der Waals surface area contributed by atoms with Crippen molar-refractivity contribution in [2.24, 2.45) is 0 Å². The van der Waals surface area contributed by atoms with Crippen LogP contribution < -0.4 is 5.11 Å². The van der Waals surface area contributed by atoms with E-state index < -0.39 is 24.3 Å². The second kappa shape index (κ2) is 56.7. The number of rotatable bonds is 56. The number of unbranched alkanes of at least 4 members (excludes halogenated alkanes) is 27. The summed E-state index contributed by atoms with van der Waals surface area (Å²) in [6.07, 6.45) is 72.4. The van der Waals surface area contributed by atoms with Crippen molar-refractivity contribution in [3.8, 4) is 0 Å². The fourth-order valence-corrected chi connectivity index (χ4v) is 8.40. The Labute approximate surface area is 461 Å². The number of hydrogen-bond acceptors (Lipinski definition) is 8. The Morgan fingerprint density at radius 1 is 0.413 bits per heavy atom. The Bertz CT molecular complexity index is 1500. The predicted octanol–water partition coefficient (Wildman–Crippen LogP) is 17.0. The van der Waals surface area contributed by atoms with Gasteiger partial charge in [0.15, 0.2) is 12.4 Å². The number of esters is 2. The van der Waals surface area contributed by atoms with Crippen LogP contribution in [0.5, 0.6) is 0 Å². The van der Waals surface area contributed by atoms with Gasteiger partial charge >= 0.3 is 11.9 Å². The smallest absolute Gasteiger partial charge is 0.306 e. The molecule has 0 N–H and O–H groups in total. The zero-order chi connectivity index (χ0) is 54.8. The third-order valence-corrected chi connectivity index (χ3v) is 13.1. The minimum absolute atomic E-state index is 0.146. The lowest BCUT2D eigenvalue weighted by Crippen LogP contribution is -2.44. The number of carboxylic acid groups (broad SMARTS) is 1. The summed E-state index contributed by atoms with van der Waals surface area (Å²) in [6, 6.07) is 0. The summed E-state index contributed by atoms with van der Waals surface area (Å²) < 4.78 is 22.6. The zero-order valence-corrected chi connectivity index (χ0v) is 49.1. The molecule has 2 unspecified atom stereocenters. The number of allylic oxidation sites excluding steroid dienone is 14. The molecule has 9 heteroatoms. The molecule has 75 heavy (non-hydrogen) atoms. The first kappa shape index (κ1) is 71.5. The molecule has 0 rings (SSSR count). The van der Waals surface area contributed by atoms with Gasteiger partial charge in [-0.2, -0.15) is 0 Å². The Hall–Kier alpha value is -3.53. The number of carbonyl (C=O) groups is 3. The van der Waals surface area contributed by atoms with Crippen LogP contribution in [0.15, 0.2) is 85.1 Å². The maximum atomic E-state index is 12.8. The zero-order valence-electron chi connectivity index (χ0n) is 49.1. The van der Waals surface area contributed by atoms with Gasteiger partial charge in [0.2, 0.25) is 0 Å². The fourth-order valence-electron chi connectivity index (χ4n) is 8.40. The molecule has 0 saturated carbocycles. The monoisotopic (exact) mass is 1050 g/mol. The normalized spacial score (nSPS) is 13.3. The van der Waals surface area contributed by atoms with Crippen molar-refractivity contribution in [2.75, 3.05) is 47.5 Å². The van der Waals surface area contributed by atoms with E-state index in [0.717, 1.165) is 96.3 Å². The number of carbonyl (C=O) groups excluding carboxylic acids is 3. The first-order valence-electron chi connectivity index (χ1n) is 30.7. The summed E-state index contributed by atoms with van der Waals surface area (Å²) in [5.74, 6) is -2.29. The summed E-state index contributed by atoms with van der Waals surface area (Å²) in [5.41, 5.74) is 0. The van der Waals surface area contributed by atoms with E-state index in [1.807, 2.05) is 21.1 Å². The molecular weight excluding hydrogens is 935 g/mol. The lowest BCUT2D eigenvalue weighted by atomic mass is 10.0. The molecule has 0 amide bonds. The highest BCUT2D eigenvalue weighted by Crippen LogP contribution is 2.17. The van der Waals surface area contributed by atoms with Crippen LogP contribution in [0.4, 0.5) is 0 Å². The van der Waals surface area contributed by atoms with Crippen molar-refractivity contribution in [2.45, 2.75) is 270 Å². The molecule has 2 atom stereocenters. The Morgan fingerprint density at radius 3 is 1.15 bits per heavy atom. The summed E-state index contributed by atoms with van der Waals surface area (Å²) in [6.45, 7) is 4.59. The SMILES string of the molecule is CC/C=C\C/C=C\C/C=C\C/C=C\C/C=C\C/C=C\CCCCCCCCCCCCCCCCCCCCCCC(=O)OC(COC(=O)CCCCCCC/C=C\CCCC)COC(OCC[N+](C)(C)C)C(=O)[O-]. The number of nitrogens with zero attached hydrogens (tertiary/aromatic N) is 1. The number of carboxylic acids is 1. The predicted molar refractivity (Wildman–Crippen MR) is 315 cm³/mol. The van der Waals surface area contributed by atoms with Crippen LogP contribution in [-0.2, 0) is 33.3 Å². The molecule has 0 fully saturated rings. The molecule has 0 aliphatic heterocycles. The molecule has 0 aliphatic rings. The van der Waals surface area contributed by atoms with E-state index in [-0.39, 0.29) is 38.6 Å². The van der Waals surface area contributed by atoms with Crippen LogP contribution in [0.2, 0.25) is 0 Å². The first-order valence-corrected chi connectivity index (χ1v) is 30.7. The van der Waals surface area contributed by atoms with E-state index in [0.29, 0.717) is 17.4 Å². The van der Waals surface area contributed by atoms with Crippen LogP contribution in [0.3, 0.4) is 0 Å². The Balaban J connectivity index is 3.96. The van der Waals surface area contributed by atoms with Crippen molar-refractivity contribution in [3.05, 3.63) is 85.1 Å². The van der Waals surface area contributed by atoms with Gasteiger partial charge < -0.3 is 33.3 Å². The maximum Gasteiger partial charge on any atom is 0.306 e. The molecule has 0 aliphatic carbocycles. The second-order valence-corrected chi connectivity index (χ2v) is 21.6. The summed E-state index contributed by atoms with van der Waals surface area (Å²) >= 11 is 0. The molecule has 432 valence electrons. The van der Waals surface area contributed by atoms with Gasteiger partial charge in [0.05, 0.1) is 40.3 Å². The third kappa shape index (κ3) is 58.0. The van der Waals surface area contributed by atoms with Crippen LogP contribution in [0, 0.1) is 0 Å². The number of quaternary nitrogens is 1. The highest BCUT2D eigenvalue weighted by atomic mass is 16.7. The molecule has 0 radical (unpaired) electrons. The van der Waals surface area contributed by atoms with Crippen molar-refractivity contribution < 1.29 is 42.9 Å². The summed E-state index contributed by atoms with van der Waals surface area (Å²) in [4.78, 5) is 37.2. The lowest BCUT2D eigenvalue weighted by Gasteiger charge is -2.26. The second-order valence-electron chi connectivity index (χ2n) is 21.6. The molecule has 0 bridgehead atoms. The number of ether oxygens (including phenoxy) is 4. The topological polar surface area (TPSA) is 111 Å². The fraction of sp³-hybridized carbons (Fsp3) is 0.742. The third-order valence-electron chi connectivity index (χ3n) is 13.1. The minimum atomic E-state index is -1.62. The van der Waals surface area contributed by atoms with Crippen molar-refractivity contribution >= 4 is 17.9 Å². The summed E-state index contributed by atoms with van der Waals surface area (Å²) in [5, 5.41) is 11.7. The highest BCUT2D eigenvalue weighted by Gasteiger charge is 2.22. The highest BCUT2D eigenvalue weighted by molar-refractivity contribution is 5.70. The van der Waals surface area contributed by atoms with Crippen LogP contribution in [0.1, 0.15) is 258 Å². The van der Waals surface area contributed by atoms with E-state index in [2.05, 4.69) is 98.9 Å². The molecule has 0 aromatic rings. The van der Waals surface area contributed by atoms with E-state index in [9.17, 15) is 19.5 Å². The number of hydrogen-bond donors (Lipinski definition) is 0. The van der Waals surface area contributed by atoms with Gasteiger partial charge in [-0.25, -0.2) is 0 Å². The Morgan fingerprint density at radius 2 is 0.760 bits per heavy atom. The van der Waals surface area contributed by atoms with Crippen LogP contribution in [-0.4, -0.2) is 82.3 Å². The van der Waals surface area contributed by atoms with Crippen LogP contribution >= 0.6 is 0 Å². The van der Waals surface area contributed by atoms with Crippen LogP contribution in [0.25, 0.3) is 0 Å². The van der Waals surface area contributed by atoms with E-state index >= 15 is 0 Å². The molecule has 9 nitrogen and oxygen atoms in total. The summed E-state index contributed by atoms with van der Waals surface area (Å²) in [7, 11) is 5.92. The average Bonchev–Trinajstić information content (AvgIpc) is 3.38. The molecule has 0 saturated heterocycles. The quantitative estimate of drug-likeness (QED) is 0.0195. The van der Waals surface area contributed by atoms with Gasteiger partial charge in [-0.05, 0) is 83.5 Å². The van der Waals surface area contributed by atoms with Gasteiger partial charge in [0.25, 0.3) is 0 Å². The van der Waals surface area contributed by atoms with Gasteiger partial charge in [-0.1, -0.05) is 247 Å². The van der Waals surface area contributed by atoms with Gasteiger partial charge in [0.1, 0.15) is 13.2 Å². The standard InChI is InChI=1S/C66H115NO8/c1-6-8-10-12-14-16-18-19-20-21-22-23-24-25-26-27-28-29-30-31-32-33-34-35-36-37-38-39-40-41-42-43-44-45-47-49-51-53-55-57-64(69)75-62(61-74-66(65(70)71)72-59-58-67(3,4)5)60-73-63(68)56-54-52-50-48-46-17-15-13-11-9-7-2/h8,10,13-16,19-20,22-23,25-26,28-29,62,66H,6-7,9,11-12,17-18,21,24,27,30-61H2,1-5H3/b10-8-,15-13-,16-14-,20-19-,23-22-,26-25-,29-28-. The molecule has 0 spiro atoms. The molecule has 0 aromatic carbocycles. The van der Waals surface area contributed by atoms with E-state index in [1.54, 1.807) is 0 Å². The minimum Gasteiger partial charge on any atom is -0.545 e. The van der Waals surface area contributed by atoms with Crippen molar-refractivity contribution in [3.63, 3.8) is 0 Å². The number of aliphatic carboxylic acids is 1. The average molecular weight is 1050 g/mol. The Kier molecular flexibility index (Phi) is 54.0. The van der Waals surface area contributed by atoms with Gasteiger partial charge in [0, 0.05) is 12.8 Å². The van der Waals surface area contributed by atoms with Gasteiger partial charge in [-0.15, -0.1) is 0 Å². The molecule has 0 heterocycles. The number of likely N-dealkylation sites (N-methyl/N-ethyl adjacent to an activating group) is 1. The van der Waals surface area contributed by atoms with Gasteiger partial charge in [-0.3, -0.25) is 9.59 Å². The van der Waals surface area contributed by atoms with Crippen molar-refractivity contribution in [1.29, 1.82) is 0 Å². The van der Waals surface area contributed by atoms with E-state index in [4.69, 9.17) is 18.9 Å².